The second kappa shape index (κ2) is 7.16. The molecule has 0 fully saturated rings. The number of hydrogen-bond donors (Lipinski definition) is 1. The van der Waals surface area contributed by atoms with Gasteiger partial charge in [0.25, 0.3) is 0 Å². The van der Waals surface area contributed by atoms with Crippen LogP contribution < -0.4 is 0 Å². The van der Waals surface area contributed by atoms with Crippen LogP contribution in [0.5, 0.6) is 0 Å². The Balaban J connectivity index is 1.91. The number of carboxylic acid groups (broad SMARTS) is 1. The van der Waals surface area contributed by atoms with Crippen molar-refractivity contribution in [3.8, 4) is 0 Å². The van der Waals surface area contributed by atoms with Gasteiger partial charge in [-0.05, 0) is 41.8 Å². The molecule has 23 heavy (non-hydrogen) atoms. The Morgan fingerprint density at radius 2 is 1.39 bits per heavy atom. The molecule has 0 unspecified atom stereocenters. The lowest BCUT2D eigenvalue weighted by molar-refractivity contribution is 0.0696. The van der Waals surface area contributed by atoms with Gasteiger partial charge in [-0.2, -0.15) is 0 Å². The van der Waals surface area contributed by atoms with Crippen LogP contribution in [-0.4, -0.2) is 11.1 Å². The second-order valence-corrected chi connectivity index (χ2v) is 6.28. The molecule has 0 saturated carbocycles. The molecule has 0 bridgehead atoms. The van der Waals surface area contributed by atoms with E-state index in [0.29, 0.717) is 12.0 Å². The van der Waals surface area contributed by atoms with Gasteiger partial charge in [0.1, 0.15) is 0 Å². The van der Waals surface area contributed by atoms with E-state index < -0.39 is 5.97 Å². The fraction of sp³-hybridized carbons (Fsp3) is 0.0500. The van der Waals surface area contributed by atoms with Crippen molar-refractivity contribution in [2.75, 3.05) is 0 Å². The van der Waals surface area contributed by atoms with E-state index in [1.165, 1.54) is 4.90 Å². The summed E-state index contributed by atoms with van der Waals surface area (Å²) in [6.45, 7) is 0. The molecule has 0 radical (unpaired) electrons. The van der Waals surface area contributed by atoms with Crippen LogP contribution in [0.4, 0.5) is 0 Å². The average Bonchev–Trinajstić information content (AvgIpc) is 2.58. The van der Waals surface area contributed by atoms with Crippen molar-refractivity contribution in [1.29, 1.82) is 0 Å². The molecule has 0 aliphatic heterocycles. The first-order valence-corrected chi connectivity index (χ1v) is 8.17. The minimum Gasteiger partial charge on any atom is -0.478 e. The van der Waals surface area contributed by atoms with Crippen LogP contribution in [0.2, 0.25) is 0 Å². The third-order valence-corrected chi connectivity index (χ3v) is 4.70. The molecule has 3 aromatic rings. The van der Waals surface area contributed by atoms with Crippen LogP contribution in [0.25, 0.3) is 0 Å². The lowest BCUT2D eigenvalue weighted by Crippen LogP contribution is -2.03. The maximum Gasteiger partial charge on any atom is 0.335 e. The molecule has 0 aromatic heterocycles. The summed E-state index contributed by atoms with van der Waals surface area (Å²) in [5, 5.41) is 9.34. The highest BCUT2D eigenvalue weighted by Gasteiger charge is 2.11. The third-order valence-electron chi connectivity index (χ3n) is 3.57. The van der Waals surface area contributed by atoms with Crippen LogP contribution in [0.3, 0.4) is 0 Å². The summed E-state index contributed by atoms with van der Waals surface area (Å²) in [6.07, 6.45) is 0.610. The topological polar surface area (TPSA) is 37.3 Å². The molecule has 3 aromatic carbocycles. The highest BCUT2D eigenvalue weighted by atomic mass is 32.2. The van der Waals surface area contributed by atoms with Crippen molar-refractivity contribution in [1.82, 2.24) is 0 Å². The predicted octanol–water partition coefficient (Wildman–Crippen LogP) is 5.13. The molecule has 0 atom stereocenters. The number of hydrogen-bond acceptors (Lipinski definition) is 2. The third kappa shape index (κ3) is 3.82. The summed E-state index contributed by atoms with van der Waals surface area (Å²) in [5.41, 5.74) is 2.34. The summed E-state index contributed by atoms with van der Waals surface area (Å²) in [4.78, 5) is 13.7. The van der Waals surface area contributed by atoms with E-state index >= 15 is 0 Å². The Labute approximate surface area is 139 Å². The van der Waals surface area contributed by atoms with Crippen molar-refractivity contribution in [3.05, 3.63) is 95.6 Å². The van der Waals surface area contributed by atoms with Crippen LogP contribution in [0.1, 0.15) is 21.5 Å². The van der Waals surface area contributed by atoms with Gasteiger partial charge in [0.2, 0.25) is 0 Å². The van der Waals surface area contributed by atoms with Gasteiger partial charge in [0, 0.05) is 9.79 Å². The van der Waals surface area contributed by atoms with Crippen molar-refractivity contribution in [3.63, 3.8) is 0 Å². The molecular weight excluding hydrogens is 304 g/mol. The van der Waals surface area contributed by atoms with Gasteiger partial charge in [-0.15, -0.1) is 0 Å². The van der Waals surface area contributed by atoms with Gasteiger partial charge in [0.05, 0.1) is 5.56 Å². The van der Waals surface area contributed by atoms with Gasteiger partial charge < -0.3 is 5.11 Å². The van der Waals surface area contributed by atoms with E-state index in [-0.39, 0.29) is 0 Å². The van der Waals surface area contributed by atoms with Gasteiger partial charge in [-0.1, -0.05) is 66.4 Å². The fourth-order valence-electron chi connectivity index (χ4n) is 2.45. The summed E-state index contributed by atoms with van der Waals surface area (Å²) in [5.74, 6) is -0.881. The molecule has 0 heterocycles. The molecule has 0 aliphatic rings. The van der Waals surface area contributed by atoms with Gasteiger partial charge in [-0.25, -0.2) is 4.79 Å². The molecule has 2 nitrogen and oxygen atoms in total. The molecule has 3 heteroatoms. The van der Waals surface area contributed by atoms with Crippen LogP contribution >= 0.6 is 11.8 Å². The summed E-state index contributed by atoms with van der Waals surface area (Å²) in [7, 11) is 0. The SMILES string of the molecule is O=C(O)c1ccccc1Cc1ccccc1Sc1ccccc1. The van der Waals surface area contributed by atoms with Gasteiger partial charge in [0.15, 0.2) is 0 Å². The molecule has 1 N–H and O–H groups in total. The van der Waals surface area contributed by atoms with Crippen LogP contribution in [0, 0.1) is 0 Å². The molecule has 3 rings (SSSR count). The fourth-order valence-corrected chi connectivity index (χ4v) is 3.42. The van der Waals surface area contributed by atoms with E-state index in [9.17, 15) is 9.90 Å². The molecule has 0 amide bonds. The average molecular weight is 320 g/mol. The monoisotopic (exact) mass is 320 g/mol. The van der Waals surface area contributed by atoms with Crippen molar-refractivity contribution < 1.29 is 9.90 Å². The molecule has 114 valence electrons. The number of aromatic carboxylic acids is 1. The summed E-state index contributed by atoms with van der Waals surface area (Å²) < 4.78 is 0. The number of carbonyl (C=O) groups is 1. The lowest BCUT2D eigenvalue weighted by Gasteiger charge is -2.11. The maximum absolute atomic E-state index is 11.4. The largest absolute Gasteiger partial charge is 0.478 e. The normalized spacial score (nSPS) is 10.4. The van der Waals surface area contributed by atoms with E-state index in [1.807, 2.05) is 42.5 Å². The van der Waals surface area contributed by atoms with E-state index in [4.69, 9.17) is 0 Å². The predicted molar refractivity (Wildman–Crippen MR) is 93.2 cm³/mol. The van der Waals surface area contributed by atoms with E-state index in [0.717, 1.165) is 16.0 Å². The highest BCUT2D eigenvalue weighted by Crippen LogP contribution is 2.31. The zero-order valence-electron chi connectivity index (χ0n) is 12.5. The van der Waals surface area contributed by atoms with E-state index in [2.05, 4.69) is 24.3 Å². The second-order valence-electron chi connectivity index (χ2n) is 5.16. The smallest absolute Gasteiger partial charge is 0.335 e. The Morgan fingerprint density at radius 3 is 2.13 bits per heavy atom. The van der Waals surface area contributed by atoms with Crippen molar-refractivity contribution in [2.45, 2.75) is 16.2 Å². The first-order valence-electron chi connectivity index (χ1n) is 7.36. The van der Waals surface area contributed by atoms with E-state index in [1.54, 1.807) is 23.9 Å². The molecule has 0 saturated heterocycles. The Kier molecular flexibility index (Phi) is 4.79. The zero-order chi connectivity index (χ0) is 16.1. The molecular formula is C20H16O2S. The Morgan fingerprint density at radius 1 is 0.783 bits per heavy atom. The van der Waals surface area contributed by atoms with Crippen molar-refractivity contribution in [2.24, 2.45) is 0 Å². The Hall–Kier alpha value is -2.52. The Bertz CT molecular complexity index is 813. The zero-order valence-corrected chi connectivity index (χ0v) is 13.3. The lowest BCUT2D eigenvalue weighted by atomic mass is 10.00. The maximum atomic E-state index is 11.4. The van der Waals surface area contributed by atoms with Crippen LogP contribution in [-0.2, 0) is 6.42 Å². The molecule has 0 aliphatic carbocycles. The molecule has 0 spiro atoms. The van der Waals surface area contributed by atoms with Gasteiger partial charge >= 0.3 is 5.97 Å². The highest BCUT2D eigenvalue weighted by molar-refractivity contribution is 7.99. The van der Waals surface area contributed by atoms with Crippen LogP contribution in [0.15, 0.2) is 88.7 Å². The minimum absolute atomic E-state index is 0.368. The standard InChI is InChI=1S/C20H16O2S/c21-20(22)18-12-6-4-8-15(18)14-16-9-5-7-13-19(16)23-17-10-2-1-3-11-17/h1-13H,14H2,(H,21,22). The number of rotatable bonds is 5. The minimum atomic E-state index is -0.881. The summed E-state index contributed by atoms with van der Waals surface area (Å²) >= 11 is 1.70. The quantitative estimate of drug-likeness (QED) is 0.708. The van der Waals surface area contributed by atoms with Crippen molar-refractivity contribution >= 4 is 17.7 Å². The number of carboxylic acids is 1. The summed E-state index contributed by atoms with van der Waals surface area (Å²) in [6, 6.07) is 25.5. The first-order chi connectivity index (χ1) is 11.2. The first kappa shape index (κ1) is 15.4. The van der Waals surface area contributed by atoms with Gasteiger partial charge in [-0.3, -0.25) is 0 Å². The number of benzene rings is 3.